The van der Waals surface area contributed by atoms with E-state index in [2.05, 4.69) is 10.3 Å². The van der Waals surface area contributed by atoms with Crippen molar-refractivity contribution in [3.8, 4) is 11.5 Å². The van der Waals surface area contributed by atoms with Crippen LogP contribution in [0, 0.1) is 6.92 Å². The molecule has 0 aliphatic carbocycles. The molecule has 0 bridgehead atoms. The fourth-order valence-electron chi connectivity index (χ4n) is 1.85. The molecular weight excluding hydrogens is 296 g/mol. The third-order valence-corrected chi connectivity index (χ3v) is 2.96. The summed E-state index contributed by atoms with van der Waals surface area (Å²) < 4.78 is 16.0. The van der Waals surface area contributed by atoms with Crippen molar-refractivity contribution >= 4 is 11.6 Å². The second-order valence-electron chi connectivity index (χ2n) is 4.87. The summed E-state index contributed by atoms with van der Waals surface area (Å²) in [5.41, 5.74) is 1.65. The second-order valence-corrected chi connectivity index (χ2v) is 4.87. The largest absolute Gasteiger partial charge is 0.489 e. The molecule has 6 heteroatoms. The number of methoxy groups -OCH3 is 1. The molecule has 0 spiro atoms. The zero-order valence-corrected chi connectivity index (χ0v) is 13.2. The Kier molecular flexibility index (Phi) is 6.38. The Labute approximate surface area is 135 Å². The first-order chi connectivity index (χ1) is 11.2. The van der Waals surface area contributed by atoms with Crippen LogP contribution in [-0.2, 0) is 9.53 Å². The molecule has 2 rings (SSSR count). The minimum atomic E-state index is -0.269. The number of benzene rings is 1. The molecule has 1 amide bonds. The van der Waals surface area contributed by atoms with Crippen molar-refractivity contribution in [1.29, 1.82) is 0 Å². The summed E-state index contributed by atoms with van der Waals surface area (Å²) >= 11 is 0. The number of aromatic nitrogens is 1. The molecule has 23 heavy (non-hydrogen) atoms. The van der Waals surface area contributed by atoms with E-state index in [1.54, 1.807) is 37.7 Å². The minimum Gasteiger partial charge on any atom is -0.489 e. The first kappa shape index (κ1) is 16.8. The lowest BCUT2D eigenvalue weighted by atomic mass is 10.2. The number of aryl methyl sites for hydroxylation is 1. The lowest BCUT2D eigenvalue weighted by Crippen LogP contribution is -2.21. The average Bonchev–Trinajstić information content (AvgIpc) is 2.56. The third kappa shape index (κ3) is 5.60. The van der Waals surface area contributed by atoms with Crippen LogP contribution in [0.3, 0.4) is 0 Å². The molecule has 1 N–H and O–H groups in total. The number of ether oxygens (including phenoxy) is 3. The summed E-state index contributed by atoms with van der Waals surface area (Å²) in [5.74, 6) is 0.884. The van der Waals surface area contributed by atoms with Crippen LogP contribution in [-0.4, -0.2) is 37.8 Å². The van der Waals surface area contributed by atoms with Crippen molar-refractivity contribution in [2.24, 2.45) is 0 Å². The molecule has 6 nitrogen and oxygen atoms in total. The van der Waals surface area contributed by atoms with Gasteiger partial charge in [-0.05, 0) is 36.8 Å². The summed E-state index contributed by atoms with van der Waals surface area (Å²) in [4.78, 5) is 15.9. The zero-order valence-electron chi connectivity index (χ0n) is 13.2. The maximum atomic E-state index is 12.0. The number of carbonyl (C=O) groups excluding carboxylic acids is 1. The van der Waals surface area contributed by atoms with Crippen LogP contribution in [0.2, 0.25) is 0 Å². The zero-order chi connectivity index (χ0) is 16.5. The number of hydrogen-bond acceptors (Lipinski definition) is 5. The maximum absolute atomic E-state index is 12.0. The molecule has 0 aliphatic rings. The van der Waals surface area contributed by atoms with E-state index in [4.69, 9.17) is 14.2 Å². The van der Waals surface area contributed by atoms with E-state index in [0.717, 1.165) is 5.56 Å². The van der Waals surface area contributed by atoms with Gasteiger partial charge in [0.05, 0.1) is 18.5 Å². The topological polar surface area (TPSA) is 69.7 Å². The molecule has 1 heterocycles. The van der Waals surface area contributed by atoms with Crippen LogP contribution in [0.4, 0.5) is 5.69 Å². The van der Waals surface area contributed by atoms with Gasteiger partial charge in [0.2, 0.25) is 0 Å². The lowest BCUT2D eigenvalue weighted by molar-refractivity contribution is -0.118. The molecule has 1 aromatic heterocycles. The maximum Gasteiger partial charge on any atom is 0.262 e. The van der Waals surface area contributed by atoms with Crippen LogP contribution < -0.4 is 14.8 Å². The van der Waals surface area contributed by atoms with Crippen LogP contribution in [0.15, 0.2) is 42.7 Å². The van der Waals surface area contributed by atoms with Crippen LogP contribution >= 0.6 is 0 Å². The molecular formula is C17H20N2O4. The smallest absolute Gasteiger partial charge is 0.262 e. The van der Waals surface area contributed by atoms with Crippen molar-refractivity contribution in [2.45, 2.75) is 6.92 Å². The SMILES string of the molecule is COCCOc1cc(C)ccc1NC(=O)COc1cccnc1. The number of nitrogens with one attached hydrogen (secondary N) is 1. The van der Waals surface area contributed by atoms with Gasteiger partial charge in [-0.2, -0.15) is 0 Å². The van der Waals surface area contributed by atoms with Gasteiger partial charge in [0.25, 0.3) is 5.91 Å². The van der Waals surface area contributed by atoms with Gasteiger partial charge in [-0.3, -0.25) is 9.78 Å². The molecule has 0 saturated heterocycles. The van der Waals surface area contributed by atoms with Gasteiger partial charge in [-0.15, -0.1) is 0 Å². The van der Waals surface area contributed by atoms with E-state index >= 15 is 0 Å². The van der Waals surface area contributed by atoms with E-state index in [-0.39, 0.29) is 12.5 Å². The molecule has 0 saturated carbocycles. The predicted molar refractivity (Wildman–Crippen MR) is 86.9 cm³/mol. The Morgan fingerprint density at radius 1 is 1.22 bits per heavy atom. The molecule has 2 aromatic rings. The first-order valence-electron chi connectivity index (χ1n) is 7.24. The van der Waals surface area contributed by atoms with E-state index in [0.29, 0.717) is 30.4 Å². The molecule has 0 aliphatic heterocycles. The van der Waals surface area contributed by atoms with Crippen LogP contribution in [0.5, 0.6) is 11.5 Å². The number of hydrogen-bond donors (Lipinski definition) is 1. The van der Waals surface area contributed by atoms with Crippen molar-refractivity contribution < 1.29 is 19.0 Å². The van der Waals surface area contributed by atoms with Crippen molar-refractivity contribution in [1.82, 2.24) is 4.98 Å². The highest BCUT2D eigenvalue weighted by Gasteiger charge is 2.09. The van der Waals surface area contributed by atoms with E-state index < -0.39 is 0 Å². The number of anilines is 1. The Hall–Kier alpha value is -2.60. The van der Waals surface area contributed by atoms with E-state index in [1.165, 1.54) is 0 Å². The van der Waals surface area contributed by atoms with Crippen molar-refractivity contribution in [2.75, 3.05) is 32.2 Å². The lowest BCUT2D eigenvalue weighted by Gasteiger charge is -2.13. The van der Waals surface area contributed by atoms with Gasteiger partial charge < -0.3 is 19.5 Å². The number of pyridine rings is 1. The monoisotopic (exact) mass is 316 g/mol. The van der Waals surface area contributed by atoms with E-state index in [1.807, 2.05) is 19.1 Å². The molecule has 0 atom stereocenters. The van der Waals surface area contributed by atoms with Gasteiger partial charge in [0.15, 0.2) is 6.61 Å². The highest BCUT2D eigenvalue weighted by Crippen LogP contribution is 2.25. The quantitative estimate of drug-likeness (QED) is 0.758. The Bertz CT molecular complexity index is 632. The number of rotatable bonds is 8. The Morgan fingerprint density at radius 2 is 2.09 bits per heavy atom. The molecule has 0 fully saturated rings. The summed E-state index contributed by atoms with van der Waals surface area (Å²) in [6, 6.07) is 9.06. The molecule has 0 radical (unpaired) electrons. The molecule has 1 aromatic carbocycles. The number of carbonyl (C=O) groups is 1. The predicted octanol–water partition coefficient (Wildman–Crippen LogP) is 2.43. The highest BCUT2D eigenvalue weighted by atomic mass is 16.5. The highest BCUT2D eigenvalue weighted by molar-refractivity contribution is 5.93. The van der Waals surface area contributed by atoms with Gasteiger partial charge in [-0.1, -0.05) is 6.07 Å². The van der Waals surface area contributed by atoms with Gasteiger partial charge in [0, 0.05) is 13.3 Å². The summed E-state index contributed by atoms with van der Waals surface area (Å²) in [6.07, 6.45) is 3.20. The summed E-state index contributed by atoms with van der Waals surface area (Å²) in [6.45, 7) is 2.75. The first-order valence-corrected chi connectivity index (χ1v) is 7.24. The average molecular weight is 316 g/mol. The van der Waals surface area contributed by atoms with Gasteiger partial charge >= 0.3 is 0 Å². The Balaban J connectivity index is 1.94. The summed E-state index contributed by atoms with van der Waals surface area (Å²) in [5, 5.41) is 2.78. The fourth-order valence-corrected chi connectivity index (χ4v) is 1.85. The van der Waals surface area contributed by atoms with Gasteiger partial charge in [0.1, 0.15) is 18.1 Å². The van der Waals surface area contributed by atoms with Crippen molar-refractivity contribution in [3.05, 3.63) is 48.3 Å². The molecule has 0 unspecified atom stereocenters. The van der Waals surface area contributed by atoms with Crippen LogP contribution in [0.1, 0.15) is 5.56 Å². The standard InChI is InChI=1S/C17H20N2O4/c1-13-5-6-15(16(10-13)22-9-8-21-2)19-17(20)12-23-14-4-3-7-18-11-14/h3-7,10-11H,8-9,12H2,1-2H3,(H,19,20). The van der Waals surface area contributed by atoms with Gasteiger partial charge in [-0.25, -0.2) is 0 Å². The number of nitrogens with zero attached hydrogens (tertiary/aromatic N) is 1. The van der Waals surface area contributed by atoms with Crippen LogP contribution in [0.25, 0.3) is 0 Å². The normalized spacial score (nSPS) is 10.2. The second kappa shape index (κ2) is 8.75. The molecule has 122 valence electrons. The minimum absolute atomic E-state index is 0.100. The Morgan fingerprint density at radius 3 is 2.83 bits per heavy atom. The van der Waals surface area contributed by atoms with Crippen molar-refractivity contribution in [3.63, 3.8) is 0 Å². The number of amides is 1. The third-order valence-electron chi connectivity index (χ3n) is 2.96. The summed E-state index contributed by atoms with van der Waals surface area (Å²) in [7, 11) is 1.61. The van der Waals surface area contributed by atoms with E-state index in [9.17, 15) is 4.79 Å². The fraction of sp³-hybridized carbons (Fsp3) is 0.294.